The number of hydrogen-bond acceptors (Lipinski definition) is 1. The molecule has 1 rings (SSSR count). The van der Waals surface area contributed by atoms with Crippen molar-refractivity contribution in [2.75, 3.05) is 0 Å². The van der Waals surface area contributed by atoms with Gasteiger partial charge in [0.1, 0.15) is 5.75 Å². The Balaban J connectivity index is 3.18. The highest BCUT2D eigenvalue weighted by Crippen LogP contribution is 2.32. The van der Waals surface area contributed by atoms with Gasteiger partial charge in [-0.15, -0.1) is 0 Å². The summed E-state index contributed by atoms with van der Waals surface area (Å²) < 4.78 is 0. The van der Waals surface area contributed by atoms with Crippen molar-refractivity contribution >= 4 is 0 Å². The second kappa shape index (κ2) is 3.82. The highest BCUT2D eigenvalue weighted by molar-refractivity contribution is 5.43. The normalized spacial score (nSPS) is 11.2. The maximum absolute atomic E-state index is 9.89. The van der Waals surface area contributed by atoms with E-state index < -0.39 is 0 Å². The average molecular weight is 177 g/mol. The van der Waals surface area contributed by atoms with E-state index in [2.05, 4.69) is 20.8 Å². The third kappa shape index (κ3) is 2.03. The van der Waals surface area contributed by atoms with Crippen LogP contribution in [-0.4, -0.2) is 5.11 Å². The molecule has 0 heterocycles. The standard InChI is InChI=1S/C12H17O/c1-8(2)10-6-5-7-11(9(3)4)12(10)13/h5-9,13H,1H2,2-4H3/t8-/m1/s1. The molecule has 1 atom stereocenters. The van der Waals surface area contributed by atoms with Gasteiger partial charge in [0.15, 0.2) is 0 Å². The van der Waals surface area contributed by atoms with Crippen LogP contribution in [0.25, 0.3) is 0 Å². The highest BCUT2D eigenvalue weighted by Gasteiger charge is 2.11. The molecule has 0 amide bonds. The summed E-state index contributed by atoms with van der Waals surface area (Å²) in [6, 6.07) is 5.87. The Morgan fingerprint density at radius 2 is 1.69 bits per heavy atom. The molecule has 0 aliphatic heterocycles. The first-order valence-corrected chi connectivity index (χ1v) is 4.69. The summed E-state index contributed by atoms with van der Waals surface area (Å²) in [5, 5.41) is 9.89. The zero-order chi connectivity index (χ0) is 10.0. The van der Waals surface area contributed by atoms with Gasteiger partial charge in [-0.1, -0.05) is 39.0 Å². The van der Waals surface area contributed by atoms with Gasteiger partial charge in [0.05, 0.1) is 0 Å². The van der Waals surface area contributed by atoms with Crippen molar-refractivity contribution in [3.05, 3.63) is 36.2 Å². The predicted molar refractivity (Wildman–Crippen MR) is 56.0 cm³/mol. The lowest BCUT2D eigenvalue weighted by Gasteiger charge is -2.14. The van der Waals surface area contributed by atoms with Crippen molar-refractivity contribution in [1.29, 1.82) is 0 Å². The Bertz CT molecular complexity index is 261. The quantitative estimate of drug-likeness (QED) is 0.733. The van der Waals surface area contributed by atoms with Crippen LogP contribution in [0, 0.1) is 6.92 Å². The molecule has 1 heteroatoms. The van der Waals surface area contributed by atoms with Crippen LogP contribution in [0.1, 0.15) is 43.7 Å². The molecule has 1 radical (unpaired) electrons. The van der Waals surface area contributed by atoms with Gasteiger partial charge < -0.3 is 5.11 Å². The van der Waals surface area contributed by atoms with Gasteiger partial charge in [-0.3, -0.25) is 0 Å². The highest BCUT2D eigenvalue weighted by atomic mass is 16.3. The summed E-state index contributed by atoms with van der Waals surface area (Å²) in [6.07, 6.45) is 0. The van der Waals surface area contributed by atoms with Crippen LogP contribution in [0.2, 0.25) is 0 Å². The van der Waals surface area contributed by atoms with E-state index in [4.69, 9.17) is 0 Å². The zero-order valence-corrected chi connectivity index (χ0v) is 8.54. The Morgan fingerprint density at radius 1 is 1.15 bits per heavy atom. The van der Waals surface area contributed by atoms with Crippen molar-refractivity contribution in [1.82, 2.24) is 0 Å². The summed E-state index contributed by atoms with van der Waals surface area (Å²) in [5.74, 6) is 0.914. The van der Waals surface area contributed by atoms with Gasteiger partial charge in [0.2, 0.25) is 0 Å². The average Bonchev–Trinajstić information content (AvgIpc) is 2.03. The lowest BCUT2D eigenvalue weighted by Crippen LogP contribution is -1.94. The summed E-state index contributed by atoms with van der Waals surface area (Å²) >= 11 is 0. The van der Waals surface area contributed by atoms with E-state index in [1.807, 2.05) is 25.1 Å². The van der Waals surface area contributed by atoms with E-state index in [0.717, 1.165) is 11.1 Å². The summed E-state index contributed by atoms with van der Waals surface area (Å²) in [6.45, 7) is 10.0. The molecule has 13 heavy (non-hydrogen) atoms. The largest absolute Gasteiger partial charge is 0.507 e. The number of hydrogen-bond donors (Lipinski definition) is 1. The van der Waals surface area contributed by atoms with E-state index in [0.29, 0.717) is 11.7 Å². The van der Waals surface area contributed by atoms with Crippen LogP contribution < -0.4 is 0 Å². The molecule has 0 aromatic heterocycles. The number of para-hydroxylation sites is 1. The molecule has 0 fully saturated rings. The topological polar surface area (TPSA) is 20.2 Å². The van der Waals surface area contributed by atoms with E-state index in [1.54, 1.807) is 0 Å². The van der Waals surface area contributed by atoms with E-state index >= 15 is 0 Å². The Hall–Kier alpha value is -0.980. The number of aromatic hydroxyl groups is 1. The zero-order valence-electron chi connectivity index (χ0n) is 8.54. The fourth-order valence-electron chi connectivity index (χ4n) is 1.44. The fourth-order valence-corrected chi connectivity index (χ4v) is 1.44. The van der Waals surface area contributed by atoms with Crippen molar-refractivity contribution < 1.29 is 5.11 Å². The van der Waals surface area contributed by atoms with Crippen LogP contribution >= 0.6 is 0 Å². The molecule has 0 saturated heterocycles. The van der Waals surface area contributed by atoms with Crippen LogP contribution in [0.3, 0.4) is 0 Å². The maximum Gasteiger partial charge on any atom is 0.122 e. The molecule has 1 aromatic rings. The molecular formula is C12H17O. The van der Waals surface area contributed by atoms with Crippen LogP contribution in [-0.2, 0) is 0 Å². The van der Waals surface area contributed by atoms with Crippen molar-refractivity contribution in [3.63, 3.8) is 0 Å². The first kappa shape index (κ1) is 10.1. The SMILES string of the molecule is [CH2][C@H](C)c1cccc(C(C)C)c1O. The van der Waals surface area contributed by atoms with Crippen molar-refractivity contribution in [2.24, 2.45) is 0 Å². The Labute approximate surface area is 80.4 Å². The molecule has 1 aromatic carbocycles. The molecule has 0 aliphatic carbocycles. The van der Waals surface area contributed by atoms with Gasteiger partial charge in [-0.05, 0) is 29.9 Å². The van der Waals surface area contributed by atoms with Crippen molar-refractivity contribution in [2.45, 2.75) is 32.6 Å². The Morgan fingerprint density at radius 3 is 2.15 bits per heavy atom. The van der Waals surface area contributed by atoms with Crippen LogP contribution in [0.5, 0.6) is 5.75 Å². The minimum Gasteiger partial charge on any atom is -0.507 e. The minimum atomic E-state index is 0.138. The number of rotatable bonds is 2. The van der Waals surface area contributed by atoms with Gasteiger partial charge in [-0.2, -0.15) is 0 Å². The molecule has 1 nitrogen and oxygen atoms in total. The van der Waals surface area contributed by atoms with Crippen LogP contribution in [0.4, 0.5) is 0 Å². The molecule has 0 bridgehead atoms. The molecule has 0 unspecified atom stereocenters. The molecular weight excluding hydrogens is 160 g/mol. The lowest BCUT2D eigenvalue weighted by atomic mass is 9.94. The number of benzene rings is 1. The van der Waals surface area contributed by atoms with Crippen molar-refractivity contribution in [3.8, 4) is 5.75 Å². The third-order valence-electron chi connectivity index (χ3n) is 2.25. The monoisotopic (exact) mass is 177 g/mol. The van der Waals surface area contributed by atoms with Gasteiger partial charge in [-0.25, -0.2) is 0 Å². The first-order valence-electron chi connectivity index (χ1n) is 4.69. The van der Waals surface area contributed by atoms with E-state index in [9.17, 15) is 5.11 Å². The number of phenolic OH excluding ortho intramolecular Hbond substituents is 1. The minimum absolute atomic E-state index is 0.138. The van der Waals surface area contributed by atoms with Crippen LogP contribution in [0.15, 0.2) is 18.2 Å². The lowest BCUT2D eigenvalue weighted by molar-refractivity contribution is 0.456. The van der Waals surface area contributed by atoms with E-state index in [-0.39, 0.29) is 5.92 Å². The molecule has 0 saturated carbocycles. The molecule has 0 spiro atoms. The fraction of sp³-hybridized carbons (Fsp3) is 0.417. The summed E-state index contributed by atoms with van der Waals surface area (Å²) in [7, 11) is 0. The third-order valence-corrected chi connectivity index (χ3v) is 2.25. The van der Waals surface area contributed by atoms with Gasteiger partial charge in [0, 0.05) is 0 Å². The molecule has 71 valence electrons. The number of phenols is 1. The second-order valence-electron chi connectivity index (χ2n) is 3.84. The van der Waals surface area contributed by atoms with E-state index in [1.165, 1.54) is 0 Å². The predicted octanol–water partition coefficient (Wildman–Crippen LogP) is 3.45. The Kier molecular flexibility index (Phi) is 2.97. The molecule has 0 aliphatic rings. The van der Waals surface area contributed by atoms with Gasteiger partial charge in [0.25, 0.3) is 0 Å². The second-order valence-corrected chi connectivity index (χ2v) is 3.84. The summed E-state index contributed by atoms with van der Waals surface area (Å²) in [4.78, 5) is 0. The smallest absolute Gasteiger partial charge is 0.122 e. The summed E-state index contributed by atoms with van der Waals surface area (Å²) in [5.41, 5.74) is 1.94. The maximum atomic E-state index is 9.89. The first-order chi connectivity index (χ1) is 6.04. The van der Waals surface area contributed by atoms with Gasteiger partial charge >= 0.3 is 0 Å². The molecule has 1 N–H and O–H groups in total.